The molecule has 19 heavy (non-hydrogen) atoms. The first-order valence-corrected chi connectivity index (χ1v) is 8.27. The maximum Gasteiger partial charge on any atom is 0.227 e. The van der Waals surface area contributed by atoms with Crippen LogP contribution >= 0.6 is 23.1 Å². The Hall–Kier alpha value is -1.11. The van der Waals surface area contributed by atoms with Gasteiger partial charge in [-0.1, -0.05) is 6.07 Å². The van der Waals surface area contributed by atoms with Gasteiger partial charge in [0.2, 0.25) is 5.95 Å². The number of hydrogen-bond donors (Lipinski definition) is 0. The third-order valence-corrected chi connectivity index (χ3v) is 4.49. The Kier molecular flexibility index (Phi) is 4.00. The first-order chi connectivity index (χ1) is 9.36. The summed E-state index contributed by atoms with van der Waals surface area (Å²) in [5.74, 6) is 0.818. The molecule has 0 radical (unpaired) electrons. The molecule has 0 saturated carbocycles. The summed E-state index contributed by atoms with van der Waals surface area (Å²) in [4.78, 5) is 12.7. The van der Waals surface area contributed by atoms with Crippen molar-refractivity contribution in [3.8, 4) is 10.6 Å². The molecule has 2 aromatic rings. The van der Waals surface area contributed by atoms with Gasteiger partial charge in [-0.3, -0.25) is 0 Å². The van der Waals surface area contributed by atoms with Crippen LogP contribution in [0.4, 0.5) is 5.95 Å². The molecule has 0 spiro atoms. The number of thiophene rings is 1. The second-order valence-corrected chi connectivity index (χ2v) is 5.95. The van der Waals surface area contributed by atoms with E-state index in [-0.39, 0.29) is 0 Å². The van der Waals surface area contributed by atoms with Gasteiger partial charge in [0.1, 0.15) is 5.03 Å². The van der Waals surface area contributed by atoms with Crippen molar-refractivity contribution in [1.29, 1.82) is 0 Å². The van der Waals surface area contributed by atoms with Crippen molar-refractivity contribution in [2.45, 2.75) is 5.03 Å². The molecule has 1 saturated heterocycles. The van der Waals surface area contributed by atoms with Crippen molar-refractivity contribution in [1.82, 2.24) is 9.97 Å². The van der Waals surface area contributed by atoms with Crippen LogP contribution in [-0.4, -0.2) is 42.5 Å². The highest BCUT2D eigenvalue weighted by Crippen LogP contribution is 2.27. The number of thioether (sulfide) groups is 1. The van der Waals surface area contributed by atoms with Gasteiger partial charge in [0.05, 0.1) is 23.8 Å². The molecule has 1 fully saturated rings. The quantitative estimate of drug-likeness (QED) is 0.642. The Morgan fingerprint density at radius 1 is 1.32 bits per heavy atom. The average molecular weight is 293 g/mol. The molecule has 1 aliphatic rings. The fraction of sp³-hybridized carbons (Fsp3) is 0.385. The Morgan fingerprint density at radius 2 is 2.16 bits per heavy atom. The van der Waals surface area contributed by atoms with E-state index in [1.54, 1.807) is 23.1 Å². The van der Waals surface area contributed by atoms with Crippen molar-refractivity contribution in [2.75, 3.05) is 37.5 Å². The van der Waals surface area contributed by atoms with Crippen LogP contribution in [0.2, 0.25) is 0 Å². The normalized spacial score (nSPS) is 15.7. The van der Waals surface area contributed by atoms with E-state index in [4.69, 9.17) is 9.72 Å². The molecule has 1 aliphatic heterocycles. The van der Waals surface area contributed by atoms with E-state index in [0.29, 0.717) is 0 Å². The lowest BCUT2D eigenvalue weighted by Gasteiger charge is -2.27. The lowest BCUT2D eigenvalue weighted by atomic mass is 10.3. The molecule has 0 aliphatic carbocycles. The molecular weight excluding hydrogens is 278 g/mol. The first-order valence-electron chi connectivity index (χ1n) is 6.16. The molecule has 4 nitrogen and oxygen atoms in total. The average Bonchev–Trinajstić information content (AvgIpc) is 3.02. The summed E-state index contributed by atoms with van der Waals surface area (Å²) in [5, 5.41) is 3.09. The Labute approximate surface area is 120 Å². The second-order valence-electron chi connectivity index (χ2n) is 4.17. The summed E-state index contributed by atoms with van der Waals surface area (Å²) >= 11 is 3.36. The van der Waals surface area contributed by atoms with Crippen LogP contribution < -0.4 is 4.90 Å². The third-order valence-electron chi connectivity index (χ3n) is 2.97. The Balaban J connectivity index is 1.97. The molecule has 0 bridgehead atoms. The highest BCUT2D eigenvalue weighted by atomic mass is 32.2. The number of aromatic nitrogens is 2. The van der Waals surface area contributed by atoms with Crippen LogP contribution in [-0.2, 0) is 4.74 Å². The van der Waals surface area contributed by atoms with E-state index in [2.05, 4.69) is 33.5 Å². The van der Waals surface area contributed by atoms with E-state index < -0.39 is 0 Å². The van der Waals surface area contributed by atoms with Crippen molar-refractivity contribution >= 4 is 29.0 Å². The predicted molar refractivity (Wildman–Crippen MR) is 80.2 cm³/mol. The summed E-state index contributed by atoms with van der Waals surface area (Å²) < 4.78 is 5.38. The number of anilines is 1. The van der Waals surface area contributed by atoms with Gasteiger partial charge in [0.25, 0.3) is 0 Å². The summed E-state index contributed by atoms with van der Waals surface area (Å²) in [7, 11) is 0. The van der Waals surface area contributed by atoms with Gasteiger partial charge in [-0.15, -0.1) is 23.1 Å². The smallest absolute Gasteiger partial charge is 0.227 e. The monoisotopic (exact) mass is 293 g/mol. The highest BCUT2D eigenvalue weighted by Gasteiger charge is 2.16. The SMILES string of the molecule is CSc1cc(-c2cccs2)nc(N2CCOCC2)n1. The maximum absolute atomic E-state index is 5.38. The number of rotatable bonds is 3. The van der Waals surface area contributed by atoms with Crippen molar-refractivity contribution < 1.29 is 4.74 Å². The van der Waals surface area contributed by atoms with Crippen molar-refractivity contribution in [3.05, 3.63) is 23.6 Å². The Morgan fingerprint density at radius 3 is 2.84 bits per heavy atom. The summed E-state index contributed by atoms with van der Waals surface area (Å²) in [6, 6.07) is 6.20. The number of hydrogen-bond acceptors (Lipinski definition) is 6. The number of ether oxygens (including phenoxy) is 1. The van der Waals surface area contributed by atoms with Crippen molar-refractivity contribution in [3.63, 3.8) is 0 Å². The summed E-state index contributed by atoms with van der Waals surface area (Å²) in [5.41, 5.74) is 1.01. The Bertz CT molecular complexity index is 539. The van der Waals surface area contributed by atoms with Gasteiger partial charge in [0.15, 0.2) is 0 Å². The second kappa shape index (κ2) is 5.90. The molecule has 0 atom stereocenters. The fourth-order valence-electron chi connectivity index (χ4n) is 1.97. The standard InChI is InChI=1S/C13H15N3OS2/c1-18-12-9-10(11-3-2-8-19-11)14-13(15-12)16-4-6-17-7-5-16/h2-3,8-9H,4-7H2,1H3. The lowest BCUT2D eigenvalue weighted by Crippen LogP contribution is -2.37. The predicted octanol–water partition coefficient (Wildman–Crippen LogP) is 2.76. The largest absolute Gasteiger partial charge is 0.378 e. The molecule has 3 heterocycles. The van der Waals surface area contributed by atoms with Gasteiger partial charge in [-0.2, -0.15) is 0 Å². The molecule has 0 unspecified atom stereocenters. The molecular formula is C13H15N3OS2. The van der Waals surface area contributed by atoms with Crippen LogP contribution in [0.25, 0.3) is 10.6 Å². The zero-order chi connectivity index (χ0) is 13.1. The van der Waals surface area contributed by atoms with Gasteiger partial charge < -0.3 is 9.64 Å². The molecule has 0 aromatic carbocycles. The number of morpholine rings is 1. The van der Waals surface area contributed by atoms with Crippen LogP contribution in [0.15, 0.2) is 28.6 Å². The maximum atomic E-state index is 5.38. The van der Waals surface area contributed by atoms with Crippen LogP contribution in [0.1, 0.15) is 0 Å². The third kappa shape index (κ3) is 2.91. The molecule has 100 valence electrons. The van der Waals surface area contributed by atoms with Crippen molar-refractivity contribution in [2.24, 2.45) is 0 Å². The zero-order valence-electron chi connectivity index (χ0n) is 10.7. The van der Waals surface area contributed by atoms with Crippen LogP contribution in [0, 0.1) is 0 Å². The minimum absolute atomic E-state index is 0.751. The van der Waals surface area contributed by atoms with Gasteiger partial charge in [-0.25, -0.2) is 9.97 Å². The summed E-state index contributed by atoms with van der Waals surface area (Å²) in [6.45, 7) is 3.23. The first kappa shape index (κ1) is 12.9. The minimum atomic E-state index is 0.751. The highest BCUT2D eigenvalue weighted by molar-refractivity contribution is 7.98. The van der Waals surface area contributed by atoms with Gasteiger partial charge in [-0.05, 0) is 23.8 Å². The van der Waals surface area contributed by atoms with E-state index in [1.807, 2.05) is 6.26 Å². The van der Waals surface area contributed by atoms with Crippen LogP contribution in [0.5, 0.6) is 0 Å². The van der Waals surface area contributed by atoms with Crippen LogP contribution in [0.3, 0.4) is 0 Å². The van der Waals surface area contributed by atoms with E-state index in [9.17, 15) is 0 Å². The summed E-state index contributed by atoms with van der Waals surface area (Å²) in [6.07, 6.45) is 2.05. The zero-order valence-corrected chi connectivity index (χ0v) is 12.3. The van der Waals surface area contributed by atoms with Gasteiger partial charge >= 0.3 is 0 Å². The van der Waals surface area contributed by atoms with E-state index in [1.165, 1.54) is 4.88 Å². The van der Waals surface area contributed by atoms with Gasteiger partial charge in [0, 0.05) is 13.1 Å². The topological polar surface area (TPSA) is 38.2 Å². The fourth-order valence-corrected chi connectivity index (χ4v) is 3.06. The molecule has 6 heteroatoms. The van der Waals surface area contributed by atoms with E-state index in [0.717, 1.165) is 43.0 Å². The molecule has 3 rings (SSSR count). The van der Waals surface area contributed by atoms with E-state index >= 15 is 0 Å². The lowest BCUT2D eigenvalue weighted by molar-refractivity contribution is 0.122. The molecule has 2 aromatic heterocycles. The molecule has 0 N–H and O–H groups in total. The number of nitrogens with zero attached hydrogens (tertiary/aromatic N) is 3. The minimum Gasteiger partial charge on any atom is -0.378 e. The molecule has 0 amide bonds.